The summed E-state index contributed by atoms with van der Waals surface area (Å²) in [6, 6.07) is 0. The Morgan fingerprint density at radius 3 is 2.00 bits per heavy atom. The normalized spacial score (nSPS) is 20.2. The first-order valence-electron chi connectivity index (χ1n) is 10.7. The minimum Gasteiger partial charge on any atom is -0.478 e. The summed E-state index contributed by atoms with van der Waals surface area (Å²) in [6.07, 6.45) is 23.1. The van der Waals surface area contributed by atoms with Gasteiger partial charge in [-0.1, -0.05) is 89.7 Å². The maximum Gasteiger partial charge on any atom is 0.187 e. The molecule has 1 atom stereocenters. The lowest BCUT2D eigenvalue weighted by Gasteiger charge is -2.12. The molecule has 1 unspecified atom stereocenters. The molecule has 3 nitrogen and oxygen atoms in total. The van der Waals surface area contributed by atoms with Crippen molar-refractivity contribution in [1.82, 2.24) is 0 Å². The van der Waals surface area contributed by atoms with Crippen LogP contribution in [0.4, 0.5) is 0 Å². The molecule has 0 fully saturated rings. The van der Waals surface area contributed by atoms with Gasteiger partial charge in [0.25, 0.3) is 0 Å². The Morgan fingerprint density at radius 1 is 0.920 bits per heavy atom. The van der Waals surface area contributed by atoms with E-state index in [1.54, 1.807) is 0 Å². The molecule has 146 valence electrons. The van der Waals surface area contributed by atoms with Crippen LogP contribution in [0, 0.1) is 0 Å². The molecule has 0 aromatic rings. The SMILES string of the molecule is CCCCCCCCCCCCCC/C=C/CC1=NC(C)(CO)CO1. The summed E-state index contributed by atoms with van der Waals surface area (Å²) in [5.74, 6) is 0.766. The number of nitrogens with zero attached hydrogens (tertiary/aromatic N) is 1. The fourth-order valence-electron chi connectivity index (χ4n) is 3.20. The van der Waals surface area contributed by atoms with Crippen molar-refractivity contribution in [2.24, 2.45) is 4.99 Å². The zero-order valence-electron chi connectivity index (χ0n) is 16.8. The molecule has 0 saturated heterocycles. The minimum atomic E-state index is -0.418. The van der Waals surface area contributed by atoms with Gasteiger partial charge >= 0.3 is 0 Å². The molecule has 3 heteroatoms. The molecular formula is C22H41NO2. The predicted octanol–water partition coefficient (Wildman–Crippen LogP) is 6.20. The molecule has 0 aliphatic carbocycles. The van der Waals surface area contributed by atoms with Crippen molar-refractivity contribution in [3.63, 3.8) is 0 Å². The van der Waals surface area contributed by atoms with Crippen LogP contribution in [0.5, 0.6) is 0 Å². The van der Waals surface area contributed by atoms with Crippen LogP contribution in [0.1, 0.15) is 104 Å². The highest BCUT2D eigenvalue weighted by Gasteiger charge is 2.30. The fraction of sp³-hybridized carbons (Fsp3) is 0.864. The van der Waals surface area contributed by atoms with E-state index in [1.807, 2.05) is 6.92 Å². The van der Waals surface area contributed by atoms with Crippen molar-refractivity contribution in [2.45, 2.75) is 109 Å². The third-order valence-electron chi connectivity index (χ3n) is 4.97. The first-order valence-corrected chi connectivity index (χ1v) is 10.7. The van der Waals surface area contributed by atoms with Gasteiger partial charge in [-0.2, -0.15) is 0 Å². The lowest BCUT2D eigenvalue weighted by molar-refractivity contribution is 0.169. The molecule has 0 radical (unpaired) electrons. The number of allylic oxidation sites excluding steroid dienone is 1. The van der Waals surface area contributed by atoms with E-state index in [4.69, 9.17) is 4.74 Å². The Morgan fingerprint density at radius 2 is 1.48 bits per heavy atom. The van der Waals surface area contributed by atoms with Crippen LogP contribution in [-0.4, -0.2) is 29.8 Å². The Labute approximate surface area is 156 Å². The number of aliphatic imine (C=N–C) groups is 1. The first kappa shape index (κ1) is 22.2. The van der Waals surface area contributed by atoms with Crippen LogP contribution in [0.2, 0.25) is 0 Å². The first-order chi connectivity index (χ1) is 12.2. The average molecular weight is 352 g/mol. The zero-order chi connectivity index (χ0) is 18.2. The Bertz CT molecular complexity index is 378. The van der Waals surface area contributed by atoms with E-state index < -0.39 is 5.54 Å². The second-order valence-electron chi connectivity index (χ2n) is 7.80. The number of unbranched alkanes of at least 4 members (excludes halogenated alkanes) is 12. The monoisotopic (exact) mass is 351 g/mol. The predicted molar refractivity (Wildman–Crippen MR) is 108 cm³/mol. The average Bonchev–Trinajstić information content (AvgIpc) is 3.00. The van der Waals surface area contributed by atoms with Crippen LogP contribution in [0.15, 0.2) is 17.1 Å². The maximum atomic E-state index is 9.24. The molecule has 1 aliphatic rings. The molecule has 0 aromatic carbocycles. The number of aliphatic hydroxyl groups is 1. The van der Waals surface area contributed by atoms with Crippen molar-refractivity contribution in [3.05, 3.63) is 12.2 Å². The van der Waals surface area contributed by atoms with Gasteiger partial charge in [0, 0.05) is 6.42 Å². The van der Waals surface area contributed by atoms with Gasteiger partial charge in [0.2, 0.25) is 0 Å². The van der Waals surface area contributed by atoms with Gasteiger partial charge in [-0.25, -0.2) is 4.99 Å². The number of hydrogen-bond acceptors (Lipinski definition) is 3. The summed E-state index contributed by atoms with van der Waals surface area (Å²) in [5, 5.41) is 9.24. The maximum absolute atomic E-state index is 9.24. The van der Waals surface area contributed by atoms with Gasteiger partial charge in [0.15, 0.2) is 5.90 Å². The fourth-order valence-corrected chi connectivity index (χ4v) is 3.20. The van der Waals surface area contributed by atoms with Crippen molar-refractivity contribution < 1.29 is 9.84 Å². The van der Waals surface area contributed by atoms with Gasteiger partial charge in [-0.15, -0.1) is 0 Å². The van der Waals surface area contributed by atoms with E-state index in [0.717, 1.165) is 18.7 Å². The van der Waals surface area contributed by atoms with E-state index in [9.17, 15) is 5.11 Å². The smallest absolute Gasteiger partial charge is 0.187 e. The van der Waals surface area contributed by atoms with Gasteiger partial charge in [-0.05, 0) is 19.8 Å². The molecule has 0 bridgehead atoms. The molecule has 1 N–H and O–H groups in total. The van der Waals surface area contributed by atoms with Crippen molar-refractivity contribution in [2.75, 3.05) is 13.2 Å². The molecule has 0 amide bonds. The highest BCUT2D eigenvalue weighted by atomic mass is 16.5. The zero-order valence-corrected chi connectivity index (χ0v) is 16.8. The summed E-state index contributed by atoms with van der Waals surface area (Å²) in [7, 11) is 0. The molecule has 0 saturated carbocycles. The van der Waals surface area contributed by atoms with Crippen LogP contribution >= 0.6 is 0 Å². The quantitative estimate of drug-likeness (QED) is 0.265. The van der Waals surface area contributed by atoms with Gasteiger partial charge < -0.3 is 9.84 Å². The van der Waals surface area contributed by atoms with Crippen molar-refractivity contribution >= 4 is 5.90 Å². The highest BCUT2D eigenvalue weighted by molar-refractivity contribution is 5.79. The molecule has 25 heavy (non-hydrogen) atoms. The van der Waals surface area contributed by atoms with Crippen LogP contribution in [0.3, 0.4) is 0 Å². The van der Waals surface area contributed by atoms with Crippen LogP contribution < -0.4 is 0 Å². The second-order valence-corrected chi connectivity index (χ2v) is 7.80. The van der Waals surface area contributed by atoms with Crippen LogP contribution in [-0.2, 0) is 4.74 Å². The standard InChI is InChI=1S/C22H41NO2/c1-3-4-5-6-7-8-9-10-11-12-13-14-15-16-17-18-21-23-22(2,19-24)20-25-21/h16-17,24H,3-15,18-20H2,1-2H3/b17-16+. The Kier molecular flexibility index (Phi) is 12.8. The molecule has 0 spiro atoms. The minimum absolute atomic E-state index is 0.0546. The van der Waals surface area contributed by atoms with Gasteiger partial charge in [0.05, 0.1) is 6.61 Å². The van der Waals surface area contributed by atoms with Crippen molar-refractivity contribution in [1.29, 1.82) is 0 Å². The molecule has 1 heterocycles. The van der Waals surface area contributed by atoms with E-state index in [0.29, 0.717) is 6.61 Å². The van der Waals surface area contributed by atoms with Gasteiger partial charge in [-0.3, -0.25) is 0 Å². The number of aliphatic hydroxyl groups excluding tert-OH is 1. The molecular weight excluding hydrogens is 310 g/mol. The molecule has 0 aromatic heterocycles. The summed E-state index contributed by atoms with van der Waals surface area (Å²) < 4.78 is 5.52. The van der Waals surface area contributed by atoms with E-state index >= 15 is 0 Å². The largest absolute Gasteiger partial charge is 0.478 e. The number of rotatable bonds is 16. The number of hydrogen-bond donors (Lipinski definition) is 1. The third kappa shape index (κ3) is 11.4. The topological polar surface area (TPSA) is 41.8 Å². The highest BCUT2D eigenvalue weighted by Crippen LogP contribution is 2.19. The Hall–Kier alpha value is -0.830. The lowest BCUT2D eigenvalue weighted by Crippen LogP contribution is -2.28. The molecule has 1 aliphatic heterocycles. The lowest BCUT2D eigenvalue weighted by atomic mass is 10.0. The van der Waals surface area contributed by atoms with E-state index in [2.05, 4.69) is 24.1 Å². The third-order valence-corrected chi connectivity index (χ3v) is 4.97. The van der Waals surface area contributed by atoms with E-state index in [1.165, 1.54) is 77.0 Å². The molecule has 1 rings (SSSR count). The van der Waals surface area contributed by atoms with Crippen molar-refractivity contribution in [3.8, 4) is 0 Å². The summed E-state index contributed by atoms with van der Waals surface area (Å²) in [6.45, 7) is 4.77. The summed E-state index contributed by atoms with van der Waals surface area (Å²) in [4.78, 5) is 4.44. The summed E-state index contributed by atoms with van der Waals surface area (Å²) >= 11 is 0. The van der Waals surface area contributed by atoms with E-state index in [-0.39, 0.29) is 6.61 Å². The Balaban J connectivity index is 1.84. The van der Waals surface area contributed by atoms with Crippen LogP contribution in [0.25, 0.3) is 0 Å². The van der Waals surface area contributed by atoms with Gasteiger partial charge in [0.1, 0.15) is 12.1 Å². The second kappa shape index (κ2) is 14.4. The number of ether oxygens (including phenoxy) is 1. The summed E-state index contributed by atoms with van der Waals surface area (Å²) in [5.41, 5.74) is -0.418.